The standard InChI is InChI=1S/C12H18N4O/c1-15(2)12(17)11-7-10(3-5-14-11)16-6-4-9(13)8-16/h3,5,7,9H,4,6,8,13H2,1-2H3. The number of hydrogen-bond acceptors (Lipinski definition) is 4. The van der Waals surface area contributed by atoms with Crippen molar-refractivity contribution in [3.8, 4) is 0 Å². The van der Waals surface area contributed by atoms with Gasteiger partial charge in [0.1, 0.15) is 5.69 Å². The minimum atomic E-state index is -0.0738. The Labute approximate surface area is 101 Å². The molecule has 1 amide bonds. The normalized spacial score (nSPS) is 19.5. The molecule has 5 nitrogen and oxygen atoms in total. The highest BCUT2D eigenvalue weighted by atomic mass is 16.2. The van der Waals surface area contributed by atoms with Crippen molar-refractivity contribution in [1.82, 2.24) is 9.88 Å². The monoisotopic (exact) mass is 234 g/mol. The second kappa shape index (κ2) is 4.71. The summed E-state index contributed by atoms with van der Waals surface area (Å²) < 4.78 is 0. The van der Waals surface area contributed by atoms with Crippen molar-refractivity contribution in [2.75, 3.05) is 32.1 Å². The van der Waals surface area contributed by atoms with Gasteiger partial charge in [-0.15, -0.1) is 0 Å². The number of amides is 1. The SMILES string of the molecule is CN(C)C(=O)c1cc(N2CCC(N)C2)ccn1. The molecule has 1 aromatic rings. The first kappa shape index (κ1) is 11.9. The first-order chi connectivity index (χ1) is 8.08. The van der Waals surface area contributed by atoms with E-state index in [1.54, 1.807) is 20.3 Å². The molecule has 1 aliphatic heterocycles. The van der Waals surface area contributed by atoms with E-state index in [9.17, 15) is 4.79 Å². The second-order valence-electron chi connectivity index (χ2n) is 4.59. The van der Waals surface area contributed by atoms with Gasteiger partial charge >= 0.3 is 0 Å². The molecule has 1 atom stereocenters. The van der Waals surface area contributed by atoms with Gasteiger partial charge in [0, 0.05) is 45.1 Å². The molecule has 1 unspecified atom stereocenters. The van der Waals surface area contributed by atoms with Gasteiger partial charge in [-0.25, -0.2) is 0 Å². The number of nitrogens with two attached hydrogens (primary N) is 1. The van der Waals surface area contributed by atoms with Crippen molar-refractivity contribution in [2.45, 2.75) is 12.5 Å². The Balaban J connectivity index is 2.20. The van der Waals surface area contributed by atoms with Crippen molar-refractivity contribution in [2.24, 2.45) is 5.73 Å². The summed E-state index contributed by atoms with van der Waals surface area (Å²) in [4.78, 5) is 19.6. The zero-order chi connectivity index (χ0) is 12.4. The molecule has 92 valence electrons. The van der Waals surface area contributed by atoms with Crippen LogP contribution in [-0.4, -0.2) is 49.0 Å². The molecule has 0 bridgehead atoms. The molecule has 1 fully saturated rings. The molecular formula is C12H18N4O. The lowest BCUT2D eigenvalue weighted by atomic mass is 10.2. The summed E-state index contributed by atoms with van der Waals surface area (Å²) in [5.74, 6) is -0.0738. The summed E-state index contributed by atoms with van der Waals surface area (Å²) in [6.45, 7) is 1.79. The highest BCUT2D eigenvalue weighted by Gasteiger charge is 2.20. The zero-order valence-corrected chi connectivity index (χ0v) is 10.3. The summed E-state index contributed by atoms with van der Waals surface area (Å²) in [6, 6.07) is 3.99. The van der Waals surface area contributed by atoms with Crippen LogP contribution in [0.15, 0.2) is 18.3 Å². The van der Waals surface area contributed by atoms with Gasteiger partial charge in [0.15, 0.2) is 0 Å². The van der Waals surface area contributed by atoms with Crippen LogP contribution in [0, 0.1) is 0 Å². The Morgan fingerprint density at radius 2 is 2.35 bits per heavy atom. The predicted octanol–water partition coefficient (Wildman–Crippen LogP) is 0.321. The van der Waals surface area contributed by atoms with Gasteiger partial charge in [0.25, 0.3) is 5.91 Å². The van der Waals surface area contributed by atoms with Crippen LogP contribution in [0.4, 0.5) is 5.69 Å². The van der Waals surface area contributed by atoms with Crippen molar-refractivity contribution < 1.29 is 4.79 Å². The van der Waals surface area contributed by atoms with Crippen LogP contribution in [0.2, 0.25) is 0 Å². The molecule has 0 spiro atoms. The third kappa shape index (κ3) is 2.55. The minimum Gasteiger partial charge on any atom is -0.370 e. The fourth-order valence-corrected chi connectivity index (χ4v) is 1.98. The van der Waals surface area contributed by atoms with E-state index >= 15 is 0 Å². The van der Waals surface area contributed by atoms with Crippen LogP contribution in [-0.2, 0) is 0 Å². The Hall–Kier alpha value is -1.62. The largest absolute Gasteiger partial charge is 0.370 e. The van der Waals surface area contributed by atoms with Crippen LogP contribution in [0.25, 0.3) is 0 Å². The molecule has 1 saturated heterocycles. The second-order valence-corrected chi connectivity index (χ2v) is 4.59. The fraction of sp³-hybridized carbons (Fsp3) is 0.500. The van der Waals surface area contributed by atoms with Crippen molar-refractivity contribution >= 4 is 11.6 Å². The Morgan fingerprint density at radius 1 is 1.59 bits per heavy atom. The van der Waals surface area contributed by atoms with Crippen molar-refractivity contribution in [3.63, 3.8) is 0 Å². The van der Waals surface area contributed by atoms with E-state index < -0.39 is 0 Å². The summed E-state index contributed by atoms with van der Waals surface area (Å²) in [5, 5.41) is 0. The Bertz CT molecular complexity index is 419. The molecule has 17 heavy (non-hydrogen) atoms. The summed E-state index contributed by atoms with van der Waals surface area (Å²) in [7, 11) is 3.45. The van der Waals surface area contributed by atoms with E-state index in [1.165, 1.54) is 4.90 Å². The highest BCUT2D eigenvalue weighted by molar-refractivity contribution is 5.92. The molecule has 0 aliphatic carbocycles. The van der Waals surface area contributed by atoms with E-state index in [-0.39, 0.29) is 11.9 Å². The molecule has 2 N–H and O–H groups in total. The average molecular weight is 234 g/mol. The zero-order valence-electron chi connectivity index (χ0n) is 10.3. The van der Waals surface area contributed by atoms with Gasteiger partial charge in [-0.05, 0) is 18.6 Å². The lowest BCUT2D eigenvalue weighted by molar-refractivity contribution is 0.0822. The minimum absolute atomic E-state index is 0.0738. The molecule has 1 aliphatic rings. The number of nitrogens with zero attached hydrogens (tertiary/aromatic N) is 3. The number of carbonyl (C=O) groups is 1. The van der Waals surface area contributed by atoms with Crippen LogP contribution < -0.4 is 10.6 Å². The Kier molecular flexibility index (Phi) is 3.28. The van der Waals surface area contributed by atoms with Crippen LogP contribution in [0.1, 0.15) is 16.9 Å². The van der Waals surface area contributed by atoms with E-state index in [1.807, 2.05) is 12.1 Å². The fourth-order valence-electron chi connectivity index (χ4n) is 1.98. The topological polar surface area (TPSA) is 62.5 Å². The summed E-state index contributed by atoms with van der Waals surface area (Å²) in [6.07, 6.45) is 2.68. The van der Waals surface area contributed by atoms with Crippen LogP contribution >= 0.6 is 0 Å². The maximum absolute atomic E-state index is 11.8. The number of rotatable bonds is 2. The molecule has 5 heteroatoms. The van der Waals surface area contributed by atoms with Crippen LogP contribution in [0.5, 0.6) is 0 Å². The molecule has 0 saturated carbocycles. The van der Waals surface area contributed by atoms with Gasteiger partial charge < -0.3 is 15.5 Å². The highest BCUT2D eigenvalue weighted by Crippen LogP contribution is 2.20. The molecule has 2 heterocycles. The average Bonchev–Trinajstić information content (AvgIpc) is 2.75. The van der Waals surface area contributed by atoms with Crippen LogP contribution in [0.3, 0.4) is 0 Å². The smallest absolute Gasteiger partial charge is 0.272 e. The van der Waals surface area contributed by atoms with E-state index in [0.717, 1.165) is 25.2 Å². The molecule has 0 radical (unpaired) electrons. The Morgan fingerprint density at radius 3 is 2.94 bits per heavy atom. The van der Waals surface area contributed by atoms with Gasteiger partial charge in [-0.1, -0.05) is 0 Å². The van der Waals surface area contributed by atoms with Crippen molar-refractivity contribution in [1.29, 1.82) is 0 Å². The maximum Gasteiger partial charge on any atom is 0.272 e. The quantitative estimate of drug-likeness (QED) is 0.800. The van der Waals surface area contributed by atoms with E-state index in [0.29, 0.717) is 5.69 Å². The summed E-state index contributed by atoms with van der Waals surface area (Å²) >= 11 is 0. The molecule has 0 aromatic carbocycles. The van der Waals surface area contributed by atoms with Gasteiger partial charge in [0.2, 0.25) is 0 Å². The third-order valence-corrected chi connectivity index (χ3v) is 2.96. The third-order valence-electron chi connectivity index (χ3n) is 2.96. The van der Waals surface area contributed by atoms with E-state index in [4.69, 9.17) is 5.73 Å². The molecular weight excluding hydrogens is 216 g/mol. The lowest BCUT2D eigenvalue weighted by Crippen LogP contribution is -2.27. The number of pyridine rings is 1. The van der Waals surface area contributed by atoms with Crippen molar-refractivity contribution in [3.05, 3.63) is 24.0 Å². The number of hydrogen-bond donors (Lipinski definition) is 1. The van der Waals surface area contributed by atoms with E-state index in [2.05, 4.69) is 9.88 Å². The molecule has 1 aromatic heterocycles. The van der Waals surface area contributed by atoms with Gasteiger partial charge in [-0.3, -0.25) is 9.78 Å². The first-order valence-electron chi connectivity index (χ1n) is 5.76. The lowest BCUT2D eigenvalue weighted by Gasteiger charge is -2.19. The number of anilines is 1. The molecule has 2 rings (SSSR count). The number of carbonyl (C=O) groups excluding carboxylic acids is 1. The van der Waals surface area contributed by atoms with Gasteiger partial charge in [-0.2, -0.15) is 0 Å². The predicted molar refractivity (Wildman–Crippen MR) is 67.1 cm³/mol. The first-order valence-corrected chi connectivity index (χ1v) is 5.76. The maximum atomic E-state index is 11.8. The van der Waals surface area contributed by atoms with Gasteiger partial charge in [0.05, 0.1) is 0 Å². The summed E-state index contributed by atoms with van der Waals surface area (Å²) in [5.41, 5.74) is 7.38. The number of aromatic nitrogens is 1.